The second-order valence-electron chi connectivity index (χ2n) is 27.2. The van der Waals surface area contributed by atoms with Gasteiger partial charge < -0.3 is 4.90 Å². The third-order valence-corrected chi connectivity index (χ3v) is 21.0. The average molecular weight is 1220 g/mol. The monoisotopic (exact) mass is 1220 g/mol. The Balaban J connectivity index is 0.722. The molecule has 8 nitrogen and oxygen atoms in total. The minimum absolute atomic E-state index is 0.00777. The number of hydrogen-bond donors (Lipinski definition) is 0. The van der Waals surface area contributed by atoms with E-state index >= 15 is 19.2 Å². The van der Waals surface area contributed by atoms with Gasteiger partial charge in [0.25, 0.3) is 17.7 Å². The summed E-state index contributed by atoms with van der Waals surface area (Å²) in [5, 5.41) is 13.1. The summed E-state index contributed by atoms with van der Waals surface area (Å²) in [7, 11) is 4.06. The van der Waals surface area contributed by atoms with Crippen molar-refractivity contribution < 1.29 is 19.2 Å². The molecule has 4 amide bonds. The molecule has 0 N–H and O–H groups in total. The molecular weight excluding hydrogens is 1150 g/mol. The lowest BCUT2D eigenvalue weighted by Gasteiger charge is -2.49. The van der Waals surface area contributed by atoms with E-state index in [1.807, 2.05) is 56.6 Å². The number of imide groups is 2. The highest BCUT2D eigenvalue weighted by molar-refractivity contribution is 6.42. The first-order valence-electron chi connectivity index (χ1n) is 32.9. The number of nitrogens with zero attached hydrogens (tertiary/aromatic N) is 4. The molecule has 0 radical (unpaired) electrons. The van der Waals surface area contributed by atoms with Gasteiger partial charge in [0, 0.05) is 70.2 Å². The number of para-hydroxylation sites is 2. The zero-order valence-corrected chi connectivity index (χ0v) is 54.2. The van der Waals surface area contributed by atoms with Crippen LogP contribution in [0.25, 0.3) is 76.8 Å². The van der Waals surface area contributed by atoms with Gasteiger partial charge in [-0.15, -0.1) is 0 Å². The van der Waals surface area contributed by atoms with Crippen molar-refractivity contribution in [2.24, 2.45) is 5.92 Å². The van der Waals surface area contributed by atoms with Gasteiger partial charge in [0.1, 0.15) is 5.69 Å². The van der Waals surface area contributed by atoms with Crippen LogP contribution in [0.5, 0.6) is 0 Å². The smallest absolute Gasteiger partial charge is 0.266 e. The van der Waals surface area contributed by atoms with Gasteiger partial charge >= 0.3 is 0 Å². The van der Waals surface area contributed by atoms with Gasteiger partial charge in [0.05, 0.1) is 17.3 Å². The van der Waals surface area contributed by atoms with Gasteiger partial charge in [0.15, 0.2) is 0 Å². The Labute approximate surface area is 547 Å². The lowest BCUT2D eigenvalue weighted by atomic mass is 9.57. The number of aromatic nitrogens is 1. The molecule has 0 bridgehead atoms. The maximum absolute atomic E-state index is 15.8. The molecule has 8 heteroatoms. The molecule has 0 saturated carbocycles. The first kappa shape index (κ1) is 58.2. The molecule has 1 saturated heterocycles. The SMILES string of the molecule is CC(C)c1cccc(C(C)CCC(C)c2cccc(C(C)C)c2N2C(=O)C3=CC=c4c5c(c6ccc(C#Cc7ccccn7)c7cccc4c76)C=CC(C2=O)C35C)c1N1C(=O)c2ccc3c4cccc5c(C#Cc6ccc(N(C)C)cc6)ccc(c6ccc(c2c36)C1=O)c54. The molecule has 11 aromatic carbocycles. The molecule has 94 heavy (non-hydrogen) atoms. The number of carbonyl (C=O) groups is 4. The van der Waals surface area contributed by atoms with Gasteiger partial charge in [-0.1, -0.05) is 194 Å². The first-order valence-corrected chi connectivity index (χ1v) is 32.9. The fourth-order valence-electron chi connectivity index (χ4n) is 16.2. The second-order valence-corrected chi connectivity index (χ2v) is 27.2. The Kier molecular flexibility index (Phi) is 13.5. The number of hydrogen-bond acceptors (Lipinski definition) is 6. The van der Waals surface area contributed by atoms with E-state index < -0.39 is 11.3 Å². The Morgan fingerprint density at radius 2 is 1.02 bits per heavy atom. The van der Waals surface area contributed by atoms with Gasteiger partial charge in [-0.05, 0) is 201 Å². The number of benzene rings is 11. The number of piperidine rings is 1. The highest BCUT2D eigenvalue weighted by Crippen LogP contribution is 2.54. The molecule has 1 fully saturated rings. The van der Waals surface area contributed by atoms with Crippen molar-refractivity contribution >= 4 is 117 Å². The number of anilines is 3. The predicted octanol–water partition coefficient (Wildman–Crippen LogP) is 18.0. The van der Waals surface area contributed by atoms with Gasteiger partial charge in [-0.3, -0.25) is 19.2 Å². The number of amides is 4. The van der Waals surface area contributed by atoms with E-state index in [0.29, 0.717) is 52.0 Å². The molecule has 2 aliphatic heterocycles. The van der Waals surface area contributed by atoms with E-state index in [9.17, 15) is 0 Å². The number of pyridine rings is 1. The molecule has 4 atom stereocenters. The molecule has 456 valence electrons. The van der Waals surface area contributed by atoms with Crippen molar-refractivity contribution in [3.63, 3.8) is 0 Å². The number of fused-ring (bicyclic) bond motifs is 4. The lowest BCUT2D eigenvalue weighted by molar-refractivity contribution is -0.130. The van der Waals surface area contributed by atoms with Crippen molar-refractivity contribution in [2.75, 3.05) is 28.8 Å². The zero-order chi connectivity index (χ0) is 64.7. The third-order valence-electron chi connectivity index (χ3n) is 21.0. The summed E-state index contributed by atoms with van der Waals surface area (Å²) in [5.74, 6) is 11.4. The minimum Gasteiger partial charge on any atom is -0.378 e. The Hall–Kier alpha value is -10.9. The molecule has 0 spiro atoms. The highest BCUT2D eigenvalue weighted by Gasteiger charge is 2.56. The summed E-state index contributed by atoms with van der Waals surface area (Å²) in [6, 6.07) is 55.5. The molecule has 4 unspecified atom stereocenters. The molecule has 2 aliphatic carbocycles. The van der Waals surface area contributed by atoms with Crippen LogP contribution in [0.2, 0.25) is 0 Å². The summed E-state index contributed by atoms with van der Waals surface area (Å²) >= 11 is 0. The minimum atomic E-state index is -0.929. The van der Waals surface area contributed by atoms with Crippen LogP contribution < -0.4 is 19.9 Å². The Bertz CT molecular complexity index is 5520. The van der Waals surface area contributed by atoms with Crippen LogP contribution in [-0.4, -0.2) is 42.7 Å². The first-order chi connectivity index (χ1) is 45.5. The predicted molar refractivity (Wildman–Crippen MR) is 384 cm³/mol. The van der Waals surface area contributed by atoms with Crippen LogP contribution in [0.3, 0.4) is 0 Å². The largest absolute Gasteiger partial charge is 0.378 e. The molecule has 16 rings (SSSR count). The topological polar surface area (TPSA) is 90.9 Å². The summed E-state index contributed by atoms with van der Waals surface area (Å²) < 4.78 is 0. The van der Waals surface area contributed by atoms with Crippen molar-refractivity contribution in [1.82, 2.24) is 4.98 Å². The van der Waals surface area contributed by atoms with Crippen molar-refractivity contribution in [3.8, 4) is 23.7 Å². The Morgan fingerprint density at radius 3 is 1.63 bits per heavy atom. The number of allylic oxidation sites excluding steroid dienone is 1. The number of rotatable bonds is 10. The molecular formula is C86H68N4O4. The van der Waals surface area contributed by atoms with Gasteiger partial charge in [-0.25, -0.2) is 14.8 Å². The van der Waals surface area contributed by atoms with Crippen LogP contribution in [0, 0.1) is 29.6 Å². The fourth-order valence-corrected chi connectivity index (χ4v) is 16.2. The van der Waals surface area contributed by atoms with E-state index in [4.69, 9.17) is 0 Å². The van der Waals surface area contributed by atoms with Crippen molar-refractivity contribution in [2.45, 2.75) is 90.4 Å². The maximum atomic E-state index is 15.8. The van der Waals surface area contributed by atoms with Crippen LogP contribution in [0.15, 0.2) is 188 Å². The van der Waals surface area contributed by atoms with Gasteiger partial charge in [-0.2, -0.15) is 0 Å². The van der Waals surface area contributed by atoms with Crippen LogP contribution in [0.4, 0.5) is 17.1 Å². The fraction of sp³-hybridized carbons (Fsp3) is 0.198. The molecule has 3 heterocycles. The Morgan fingerprint density at radius 1 is 0.489 bits per heavy atom. The van der Waals surface area contributed by atoms with E-state index in [-0.39, 0.29) is 47.3 Å². The quantitative estimate of drug-likeness (QED) is 0.0586. The second kappa shape index (κ2) is 21.9. The summed E-state index contributed by atoms with van der Waals surface area (Å²) in [5.41, 5.74) is 12.3. The summed E-state index contributed by atoms with van der Waals surface area (Å²) in [6.45, 7) is 14.9. The summed E-state index contributed by atoms with van der Waals surface area (Å²) in [6.07, 6.45) is 11.4. The third kappa shape index (κ3) is 8.58. The maximum Gasteiger partial charge on any atom is 0.266 e. The molecule has 4 aliphatic rings. The van der Waals surface area contributed by atoms with Gasteiger partial charge in [0.2, 0.25) is 5.91 Å². The average Bonchev–Trinajstić information content (AvgIpc) is 0.687. The normalized spacial score (nSPS) is 17.1. The van der Waals surface area contributed by atoms with Crippen LogP contribution >= 0.6 is 0 Å². The zero-order valence-electron chi connectivity index (χ0n) is 54.2. The van der Waals surface area contributed by atoms with E-state index in [1.54, 1.807) is 6.20 Å². The summed E-state index contributed by atoms with van der Waals surface area (Å²) in [4.78, 5) is 72.2. The standard InChI is InChI=1S/C86H68N4O4/c1-48(2)57-17-12-19-59(80(57)89-82(91)71-41-39-66-63-23-14-21-61-53(30-27-52-28-35-56(36-29-52)88(8)9)32-37-65(75(61)63)67-40-42-72(83(89)92)78(71)77(66)67)50(5)25-26-51(6)60-20-13-18-58(49(3)4)81(60)90-84(93)73-45-43-69-64-24-15-22-62-54(31-34-55-16-10-11-47-87-55)33-38-68(76(62)64)70-44-46-74(85(90)94)86(73,7)79(69)70/h10-24,28-29,32-33,35-51,74H,25-26H2,1-9H3. The van der Waals surface area contributed by atoms with E-state index in [1.165, 1.54) is 9.80 Å². The van der Waals surface area contributed by atoms with E-state index in [2.05, 4.69) is 228 Å². The van der Waals surface area contributed by atoms with E-state index in [0.717, 1.165) is 120 Å². The molecule has 1 aromatic heterocycles. The van der Waals surface area contributed by atoms with Crippen molar-refractivity contribution in [1.29, 1.82) is 0 Å². The van der Waals surface area contributed by atoms with Crippen molar-refractivity contribution in [3.05, 3.63) is 260 Å². The van der Waals surface area contributed by atoms with Crippen LogP contribution in [0.1, 0.15) is 161 Å². The highest BCUT2D eigenvalue weighted by atomic mass is 16.2. The number of carbonyl (C=O) groups excluding carboxylic acids is 4. The lowest BCUT2D eigenvalue weighted by Crippen LogP contribution is -2.59. The van der Waals surface area contributed by atoms with Crippen LogP contribution in [-0.2, 0) is 15.0 Å². The molecule has 12 aromatic rings.